The zero-order chi connectivity index (χ0) is 15.5. The zero-order valence-corrected chi connectivity index (χ0v) is 11.6. The van der Waals surface area contributed by atoms with E-state index in [1.807, 2.05) is 0 Å². The summed E-state index contributed by atoms with van der Waals surface area (Å²) in [6.45, 7) is 1.66. The highest BCUT2D eigenvalue weighted by molar-refractivity contribution is 5.76. The first-order valence-electron chi connectivity index (χ1n) is 6.44. The summed E-state index contributed by atoms with van der Waals surface area (Å²) >= 11 is 0. The van der Waals surface area contributed by atoms with Crippen LogP contribution in [0.1, 0.15) is 18.1 Å². The summed E-state index contributed by atoms with van der Waals surface area (Å²) in [6, 6.07) is 12.7. The lowest BCUT2D eigenvalue weighted by atomic mass is 9.93. The molecule has 0 bridgehead atoms. The predicted octanol–water partition coefficient (Wildman–Crippen LogP) is 0.612. The number of ether oxygens (including phenoxy) is 1. The van der Waals surface area contributed by atoms with Crippen molar-refractivity contribution in [1.29, 1.82) is 0 Å². The molecule has 0 saturated carbocycles. The fourth-order valence-electron chi connectivity index (χ4n) is 1.84. The maximum Gasteiger partial charge on any atom is 0.157 e. The number of carbonyl (C=O) groups is 1. The number of carboxylic acid groups (broad SMARTS) is 1. The Morgan fingerprint density at radius 1 is 1.29 bits per heavy atom. The van der Waals surface area contributed by atoms with Crippen LogP contribution in [0.3, 0.4) is 0 Å². The molecule has 2 rings (SSSR count). The number of carbonyl (C=O) groups excluding carboxylic acids is 1. The fourth-order valence-corrected chi connectivity index (χ4v) is 1.84. The van der Waals surface area contributed by atoms with Gasteiger partial charge in [-0.15, -0.1) is 0 Å². The third-order valence-electron chi connectivity index (χ3n) is 3.22. The van der Waals surface area contributed by atoms with Gasteiger partial charge in [-0.1, -0.05) is 24.3 Å². The van der Waals surface area contributed by atoms with E-state index in [1.165, 1.54) is 19.1 Å². The predicted molar refractivity (Wildman–Crippen MR) is 72.4 cm³/mol. The SMILES string of the molecule is CC([NH3+])(C(=O)[O-])c1cccc(OCc2cccc(F)c2)c1. The Labute approximate surface area is 122 Å². The van der Waals surface area contributed by atoms with E-state index in [2.05, 4.69) is 5.73 Å². The number of rotatable bonds is 5. The van der Waals surface area contributed by atoms with Gasteiger partial charge in [0.1, 0.15) is 24.1 Å². The molecule has 0 heterocycles. The average Bonchev–Trinajstić information content (AvgIpc) is 2.45. The van der Waals surface area contributed by atoms with Crippen molar-refractivity contribution < 1.29 is 24.8 Å². The van der Waals surface area contributed by atoms with Crippen molar-refractivity contribution in [3.05, 3.63) is 65.5 Å². The first-order valence-corrected chi connectivity index (χ1v) is 6.44. The fraction of sp³-hybridized carbons (Fsp3) is 0.188. The van der Waals surface area contributed by atoms with Gasteiger partial charge in [-0.2, -0.15) is 0 Å². The van der Waals surface area contributed by atoms with Gasteiger partial charge in [0.2, 0.25) is 0 Å². The molecule has 0 aromatic heterocycles. The van der Waals surface area contributed by atoms with Crippen molar-refractivity contribution in [2.24, 2.45) is 0 Å². The lowest BCUT2D eigenvalue weighted by Crippen LogP contribution is -2.75. The van der Waals surface area contributed by atoms with Crippen molar-refractivity contribution in [2.45, 2.75) is 19.1 Å². The number of benzene rings is 2. The maximum atomic E-state index is 13.1. The van der Waals surface area contributed by atoms with Crippen molar-refractivity contribution in [3.63, 3.8) is 0 Å². The first-order chi connectivity index (χ1) is 9.89. The largest absolute Gasteiger partial charge is 0.543 e. The van der Waals surface area contributed by atoms with E-state index in [-0.39, 0.29) is 12.4 Å². The molecule has 2 aromatic rings. The van der Waals surface area contributed by atoms with Gasteiger partial charge in [-0.05, 0) is 29.8 Å². The van der Waals surface area contributed by atoms with Crippen molar-refractivity contribution in [1.82, 2.24) is 0 Å². The Kier molecular flexibility index (Phi) is 4.23. The number of halogens is 1. The third kappa shape index (κ3) is 3.58. The molecule has 1 atom stereocenters. The standard InChI is InChI=1S/C16H16FNO3/c1-16(18,15(19)20)12-5-3-7-14(9-12)21-10-11-4-2-6-13(17)8-11/h2-9H,10,18H2,1H3,(H,19,20). The molecule has 0 aliphatic heterocycles. The van der Waals surface area contributed by atoms with Crippen LogP contribution in [0.4, 0.5) is 4.39 Å². The van der Waals surface area contributed by atoms with Crippen LogP contribution in [0.15, 0.2) is 48.5 Å². The molecule has 0 spiro atoms. The highest BCUT2D eigenvalue weighted by Crippen LogP contribution is 2.21. The van der Waals surface area contributed by atoms with E-state index in [0.717, 1.165) is 0 Å². The van der Waals surface area contributed by atoms with Gasteiger partial charge in [-0.3, -0.25) is 0 Å². The van der Waals surface area contributed by atoms with Crippen LogP contribution in [0.5, 0.6) is 5.75 Å². The highest BCUT2D eigenvalue weighted by Gasteiger charge is 2.27. The lowest BCUT2D eigenvalue weighted by Gasteiger charge is -2.22. The molecule has 0 amide bonds. The molecule has 110 valence electrons. The molecule has 0 radical (unpaired) electrons. The van der Waals surface area contributed by atoms with Crippen molar-refractivity contribution in [3.8, 4) is 5.75 Å². The molecular formula is C16H16FNO3. The average molecular weight is 289 g/mol. The summed E-state index contributed by atoms with van der Waals surface area (Å²) in [5, 5.41) is 11.1. The number of quaternary nitrogens is 1. The molecule has 0 fully saturated rings. The van der Waals surface area contributed by atoms with Gasteiger partial charge in [-0.25, -0.2) is 4.39 Å². The summed E-state index contributed by atoms with van der Waals surface area (Å²) in [7, 11) is 0. The van der Waals surface area contributed by atoms with E-state index in [4.69, 9.17) is 4.74 Å². The molecule has 0 aliphatic rings. The monoisotopic (exact) mass is 289 g/mol. The topological polar surface area (TPSA) is 77.0 Å². The lowest BCUT2D eigenvalue weighted by molar-refractivity contribution is -0.489. The summed E-state index contributed by atoms with van der Waals surface area (Å²) in [5.41, 5.74) is 3.47. The highest BCUT2D eigenvalue weighted by atomic mass is 19.1. The molecule has 21 heavy (non-hydrogen) atoms. The van der Waals surface area contributed by atoms with Crippen LogP contribution in [0.25, 0.3) is 0 Å². The van der Waals surface area contributed by atoms with Gasteiger partial charge in [0.25, 0.3) is 0 Å². The Hall–Kier alpha value is -2.40. The van der Waals surface area contributed by atoms with Crippen molar-refractivity contribution in [2.75, 3.05) is 0 Å². The second-order valence-corrected chi connectivity index (χ2v) is 5.07. The molecule has 2 aromatic carbocycles. The number of hydrogen-bond donors (Lipinski definition) is 1. The van der Waals surface area contributed by atoms with Crippen LogP contribution in [0.2, 0.25) is 0 Å². The summed E-state index contributed by atoms with van der Waals surface area (Å²) in [5.74, 6) is -1.09. The van der Waals surface area contributed by atoms with Crippen LogP contribution >= 0.6 is 0 Å². The summed E-state index contributed by atoms with van der Waals surface area (Å²) in [4.78, 5) is 11.1. The Morgan fingerprint density at radius 3 is 2.67 bits per heavy atom. The molecule has 4 nitrogen and oxygen atoms in total. The zero-order valence-electron chi connectivity index (χ0n) is 11.6. The van der Waals surface area contributed by atoms with Gasteiger partial charge in [0.15, 0.2) is 5.54 Å². The number of hydrogen-bond acceptors (Lipinski definition) is 3. The molecule has 1 unspecified atom stereocenters. The van der Waals surface area contributed by atoms with Crippen LogP contribution < -0.4 is 15.6 Å². The smallest absolute Gasteiger partial charge is 0.157 e. The van der Waals surface area contributed by atoms with Gasteiger partial charge in [0.05, 0.1) is 0 Å². The minimum atomic E-state index is -1.35. The molecule has 0 saturated heterocycles. The van der Waals surface area contributed by atoms with Gasteiger partial charge >= 0.3 is 0 Å². The van der Waals surface area contributed by atoms with Gasteiger partial charge < -0.3 is 20.4 Å². The van der Waals surface area contributed by atoms with E-state index in [1.54, 1.807) is 36.4 Å². The second-order valence-electron chi connectivity index (χ2n) is 5.07. The minimum Gasteiger partial charge on any atom is -0.543 e. The maximum absolute atomic E-state index is 13.1. The Morgan fingerprint density at radius 2 is 2.00 bits per heavy atom. The Bertz CT molecular complexity index is 655. The van der Waals surface area contributed by atoms with Crippen LogP contribution in [0, 0.1) is 5.82 Å². The van der Waals surface area contributed by atoms with E-state index in [0.29, 0.717) is 16.9 Å². The van der Waals surface area contributed by atoms with Gasteiger partial charge in [0, 0.05) is 12.5 Å². The van der Waals surface area contributed by atoms with E-state index in [9.17, 15) is 14.3 Å². The molecule has 0 aliphatic carbocycles. The van der Waals surface area contributed by atoms with Crippen LogP contribution in [-0.4, -0.2) is 5.97 Å². The van der Waals surface area contributed by atoms with E-state index >= 15 is 0 Å². The third-order valence-corrected chi connectivity index (χ3v) is 3.22. The van der Waals surface area contributed by atoms with E-state index < -0.39 is 11.5 Å². The Balaban J connectivity index is 2.13. The molecular weight excluding hydrogens is 273 g/mol. The van der Waals surface area contributed by atoms with Crippen molar-refractivity contribution >= 4 is 5.97 Å². The number of carboxylic acids is 1. The van der Waals surface area contributed by atoms with Crippen LogP contribution in [-0.2, 0) is 16.9 Å². The first kappa shape index (κ1) is 15.0. The number of aliphatic carboxylic acids is 1. The molecule has 5 heteroatoms. The molecule has 3 N–H and O–H groups in total. The second kappa shape index (κ2) is 5.93. The normalized spacial score (nSPS) is 13.5. The quantitative estimate of drug-likeness (QED) is 0.876. The summed E-state index contributed by atoms with van der Waals surface area (Å²) < 4.78 is 18.6. The summed E-state index contributed by atoms with van der Waals surface area (Å²) in [6.07, 6.45) is 0. The minimum absolute atomic E-state index is 0.195.